The van der Waals surface area contributed by atoms with Crippen LogP contribution < -0.4 is 10.1 Å². The van der Waals surface area contributed by atoms with Gasteiger partial charge in [0.2, 0.25) is 0 Å². The van der Waals surface area contributed by atoms with E-state index < -0.39 is 12.0 Å². The molecule has 0 aliphatic rings. The Kier molecular flexibility index (Phi) is 4.59. The van der Waals surface area contributed by atoms with Crippen molar-refractivity contribution in [2.45, 2.75) is 19.5 Å². The third kappa shape index (κ3) is 3.41. The number of methoxy groups -OCH3 is 1. The molecule has 2 N–H and O–H groups in total. The molecule has 1 unspecified atom stereocenters. The van der Waals surface area contributed by atoms with Crippen molar-refractivity contribution in [3.63, 3.8) is 0 Å². The van der Waals surface area contributed by atoms with Gasteiger partial charge in [-0.1, -0.05) is 12.1 Å². The van der Waals surface area contributed by atoms with Gasteiger partial charge in [-0.05, 0) is 24.6 Å². The second kappa shape index (κ2) is 6.41. The highest BCUT2D eigenvalue weighted by Crippen LogP contribution is 2.20. The summed E-state index contributed by atoms with van der Waals surface area (Å²) in [6.45, 7) is 2.33. The molecule has 1 aromatic carbocycles. The van der Waals surface area contributed by atoms with Crippen molar-refractivity contribution in [2.24, 2.45) is 7.05 Å². The first-order valence-electron chi connectivity index (χ1n) is 6.60. The number of hydrogen-bond acceptors (Lipinski definition) is 4. The number of rotatable bonds is 6. The van der Waals surface area contributed by atoms with E-state index in [2.05, 4.69) is 10.3 Å². The van der Waals surface area contributed by atoms with E-state index in [1.54, 1.807) is 37.6 Å². The number of nitrogens with one attached hydrogen (secondary N) is 1. The van der Waals surface area contributed by atoms with Gasteiger partial charge in [0.25, 0.3) is 0 Å². The minimum absolute atomic E-state index is 0.374. The molecule has 1 aromatic heterocycles. The molecule has 112 valence electrons. The number of nitrogens with zero attached hydrogens (tertiary/aromatic N) is 2. The molecule has 0 aliphatic carbocycles. The van der Waals surface area contributed by atoms with Crippen molar-refractivity contribution in [3.05, 3.63) is 47.5 Å². The van der Waals surface area contributed by atoms with Crippen LogP contribution in [-0.2, 0) is 18.4 Å². The van der Waals surface area contributed by atoms with Crippen LogP contribution in [0.5, 0.6) is 5.75 Å². The molecule has 2 rings (SSSR count). The van der Waals surface area contributed by atoms with Crippen LogP contribution in [0.15, 0.2) is 30.5 Å². The molecule has 0 radical (unpaired) electrons. The molecule has 0 saturated heterocycles. The third-order valence-corrected chi connectivity index (χ3v) is 3.46. The van der Waals surface area contributed by atoms with E-state index in [0.717, 1.165) is 11.5 Å². The number of carbonyl (C=O) groups is 1. The molecule has 0 aliphatic heterocycles. The van der Waals surface area contributed by atoms with Crippen molar-refractivity contribution in [1.82, 2.24) is 14.9 Å². The average Bonchev–Trinajstić information content (AvgIpc) is 2.79. The molecule has 2 aromatic rings. The summed E-state index contributed by atoms with van der Waals surface area (Å²) < 4.78 is 7.06. The van der Waals surface area contributed by atoms with Gasteiger partial charge in [0, 0.05) is 18.9 Å². The van der Waals surface area contributed by atoms with Crippen LogP contribution in [-0.4, -0.2) is 27.7 Å². The first kappa shape index (κ1) is 15.1. The topological polar surface area (TPSA) is 76.4 Å². The first-order valence-corrected chi connectivity index (χ1v) is 6.60. The van der Waals surface area contributed by atoms with Gasteiger partial charge in [-0.2, -0.15) is 0 Å². The second-order valence-electron chi connectivity index (χ2n) is 4.80. The van der Waals surface area contributed by atoms with Gasteiger partial charge >= 0.3 is 5.97 Å². The van der Waals surface area contributed by atoms with Gasteiger partial charge in [-0.15, -0.1) is 0 Å². The summed E-state index contributed by atoms with van der Waals surface area (Å²) in [5.41, 5.74) is 1.67. The van der Waals surface area contributed by atoms with Crippen molar-refractivity contribution in [2.75, 3.05) is 7.11 Å². The Morgan fingerprint density at radius 3 is 2.86 bits per heavy atom. The molecule has 0 saturated carbocycles. The fourth-order valence-electron chi connectivity index (χ4n) is 2.07. The van der Waals surface area contributed by atoms with Gasteiger partial charge in [0.1, 0.15) is 17.6 Å². The molecule has 0 amide bonds. The molecule has 21 heavy (non-hydrogen) atoms. The molecule has 0 bridgehead atoms. The van der Waals surface area contributed by atoms with Crippen LogP contribution in [0, 0.1) is 6.92 Å². The minimum atomic E-state index is -0.936. The predicted molar refractivity (Wildman–Crippen MR) is 78.2 cm³/mol. The number of benzene rings is 1. The Balaban J connectivity index is 2.16. The monoisotopic (exact) mass is 289 g/mol. The Morgan fingerprint density at radius 2 is 2.29 bits per heavy atom. The Hall–Kier alpha value is -2.34. The van der Waals surface area contributed by atoms with E-state index in [9.17, 15) is 9.90 Å². The van der Waals surface area contributed by atoms with E-state index in [0.29, 0.717) is 17.9 Å². The van der Waals surface area contributed by atoms with Crippen molar-refractivity contribution in [3.8, 4) is 5.75 Å². The number of imidazole rings is 1. The van der Waals surface area contributed by atoms with E-state index in [4.69, 9.17) is 4.74 Å². The number of ether oxygens (including phenoxy) is 1. The second-order valence-corrected chi connectivity index (χ2v) is 4.80. The summed E-state index contributed by atoms with van der Waals surface area (Å²) >= 11 is 0. The lowest BCUT2D eigenvalue weighted by Crippen LogP contribution is -2.29. The van der Waals surface area contributed by atoms with Crippen LogP contribution >= 0.6 is 0 Å². The lowest BCUT2D eigenvalue weighted by molar-refractivity contribution is -0.139. The zero-order valence-electron chi connectivity index (χ0n) is 12.3. The number of hydrogen-bond donors (Lipinski definition) is 2. The van der Waals surface area contributed by atoms with Crippen LogP contribution in [0.4, 0.5) is 0 Å². The Labute approximate surface area is 123 Å². The van der Waals surface area contributed by atoms with Crippen LogP contribution in [0.1, 0.15) is 23.1 Å². The molecular weight excluding hydrogens is 270 g/mol. The normalized spacial score (nSPS) is 12.1. The zero-order valence-corrected chi connectivity index (χ0v) is 12.3. The smallest absolute Gasteiger partial charge is 0.325 e. The van der Waals surface area contributed by atoms with E-state index in [1.807, 2.05) is 18.5 Å². The van der Waals surface area contributed by atoms with E-state index >= 15 is 0 Å². The molecule has 6 nitrogen and oxygen atoms in total. The summed E-state index contributed by atoms with van der Waals surface area (Å²) in [5.74, 6) is 0.490. The van der Waals surface area contributed by atoms with Gasteiger partial charge in [0.15, 0.2) is 0 Å². The zero-order chi connectivity index (χ0) is 15.4. The Bertz CT molecular complexity index is 637. The number of aliphatic carboxylic acids is 1. The van der Waals surface area contributed by atoms with Crippen LogP contribution in [0.3, 0.4) is 0 Å². The first-order chi connectivity index (χ1) is 10.0. The number of aryl methyl sites for hydroxylation is 1. The highest BCUT2D eigenvalue weighted by atomic mass is 16.5. The molecule has 0 spiro atoms. The third-order valence-electron chi connectivity index (χ3n) is 3.46. The van der Waals surface area contributed by atoms with E-state index in [1.165, 1.54) is 0 Å². The molecule has 0 fully saturated rings. The summed E-state index contributed by atoms with van der Waals surface area (Å²) in [5, 5.41) is 12.4. The number of carboxylic acid groups (broad SMARTS) is 1. The predicted octanol–water partition coefficient (Wildman–Crippen LogP) is 1.65. The summed E-state index contributed by atoms with van der Waals surface area (Å²) in [7, 11) is 3.46. The molecule has 1 atom stereocenters. The van der Waals surface area contributed by atoms with Gasteiger partial charge in [-0.25, -0.2) is 4.98 Å². The SMILES string of the molecule is COc1cccc(C(NCc2ncc(C)n2C)C(=O)O)c1. The minimum Gasteiger partial charge on any atom is -0.497 e. The van der Waals surface area contributed by atoms with Crippen LogP contribution in [0.2, 0.25) is 0 Å². The van der Waals surface area contributed by atoms with Gasteiger partial charge in [-0.3, -0.25) is 10.1 Å². The maximum absolute atomic E-state index is 11.5. The molecule has 6 heteroatoms. The largest absolute Gasteiger partial charge is 0.497 e. The fraction of sp³-hybridized carbons (Fsp3) is 0.333. The van der Waals surface area contributed by atoms with Crippen LogP contribution in [0.25, 0.3) is 0 Å². The Morgan fingerprint density at radius 1 is 1.52 bits per heavy atom. The number of carboxylic acids is 1. The maximum Gasteiger partial charge on any atom is 0.325 e. The lowest BCUT2D eigenvalue weighted by Gasteiger charge is -2.15. The summed E-state index contributed by atoms with van der Waals surface area (Å²) in [6, 6.07) is 6.23. The van der Waals surface area contributed by atoms with Gasteiger partial charge < -0.3 is 14.4 Å². The van der Waals surface area contributed by atoms with Crippen molar-refractivity contribution < 1.29 is 14.6 Å². The van der Waals surface area contributed by atoms with Crippen molar-refractivity contribution in [1.29, 1.82) is 0 Å². The van der Waals surface area contributed by atoms with E-state index in [-0.39, 0.29) is 0 Å². The quantitative estimate of drug-likeness (QED) is 0.845. The maximum atomic E-state index is 11.5. The fourth-order valence-corrected chi connectivity index (χ4v) is 2.07. The number of aromatic nitrogens is 2. The summed E-state index contributed by atoms with van der Waals surface area (Å²) in [4.78, 5) is 15.7. The van der Waals surface area contributed by atoms with Gasteiger partial charge in [0.05, 0.1) is 13.7 Å². The highest BCUT2D eigenvalue weighted by molar-refractivity contribution is 5.75. The lowest BCUT2D eigenvalue weighted by atomic mass is 10.1. The summed E-state index contributed by atoms with van der Waals surface area (Å²) in [6.07, 6.45) is 1.76. The van der Waals surface area contributed by atoms with Crippen molar-refractivity contribution >= 4 is 5.97 Å². The standard InChI is InChI=1S/C15H19N3O3/c1-10-8-16-13(18(10)2)9-17-14(15(19)20)11-5-4-6-12(7-11)21-3/h4-8,14,17H,9H2,1-3H3,(H,19,20). The molecular formula is C15H19N3O3. The molecule has 1 heterocycles. The average molecular weight is 289 g/mol. The highest BCUT2D eigenvalue weighted by Gasteiger charge is 2.20.